The second-order valence-electron chi connectivity index (χ2n) is 5.49. The molecule has 1 aromatic rings. The van der Waals surface area contributed by atoms with Crippen molar-refractivity contribution in [3.8, 4) is 0 Å². The zero-order valence-electron chi connectivity index (χ0n) is 11.8. The Kier molecular flexibility index (Phi) is 7.40. The molecule has 1 aromatic carbocycles. The lowest BCUT2D eigenvalue weighted by Crippen LogP contribution is -1.98. The Morgan fingerprint density at radius 1 is 0.944 bits per heavy atom. The molecule has 0 aliphatic heterocycles. The van der Waals surface area contributed by atoms with Gasteiger partial charge < -0.3 is 0 Å². The number of carbonyl (C=O) groups excluding carboxylic acids is 1. The number of unbranched alkanes of at least 4 members (excludes halogenated alkanes) is 4. The van der Waals surface area contributed by atoms with Gasteiger partial charge in [0.25, 0.3) is 0 Å². The highest BCUT2D eigenvalue weighted by molar-refractivity contribution is 5.95. The molecule has 1 nitrogen and oxygen atoms in total. The summed E-state index contributed by atoms with van der Waals surface area (Å²) in [6, 6.07) is 9.62. The quantitative estimate of drug-likeness (QED) is 0.429. The minimum atomic E-state index is 0.290. The van der Waals surface area contributed by atoms with Crippen molar-refractivity contribution in [2.75, 3.05) is 0 Å². The van der Waals surface area contributed by atoms with Crippen LogP contribution in [-0.4, -0.2) is 5.78 Å². The Balaban J connectivity index is 2.03. The van der Waals surface area contributed by atoms with E-state index in [1.54, 1.807) is 0 Å². The van der Waals surface area contributed by atoms with Crippen molar-refractivity contribution in [3.05, 3.63) is 35.9 Å². The Morgan fingerprint density at radius 3 is 2.22 bits per heavy atom. The monoisotopic (exact) mass is 246 g/mol. The van der Waals surface area contributed by atoms with E-state index in [1.165, 1.54) is 32.1 Å². The summed E-state index contributed by atoms with van der Waals surface area (Å²) in [5.41, 5.74) is 0.859. The van der Waals surface area contributed by atoms with Crippen molar-refractivity contribution < 1.29 is 4.79 Å². The van der Waals surface area contributed by atoms with Crippen molar-refractivity contribution in [2.45, 2.75) is 58.8 Å². The van der Waals surface area contributed by atoms with Gasteiger partial charge in [-0.1, -0.05) is 76.3 Å². The maximum absolute atomic E-state index is 11.8. The molecule has 100 valence electrons. The first-order valence-electron chi connectivity index (χ1n) is 7.28. The summed E-state index contributed by atoms with van der Waals surface area (Å²) in [6.07, 6.45) is 8.19. The molecule has 0 fully saturated rings. The average Bonchev–Trinajstić information content (AvgIpc) is 2.38. The Morgan fingerprint density at radius 2 is 1.56 bits per heavy atom. The highest BCUT2D eigenvalue weighted by Gasteiger charge is 2.03. The van der Waals surface area contributed by atoms with Crippen molar-refractivity contribution >= 4 is 5.78 Å². The van der Waals surface area contributed by atoms with Crippen molar-refractivity contribution in [1.82, 2.24) is 0 Å². The maximum Gasteiger partial charge on any atom is 0.162 e. The summed E-state index contributed by atoms with van der Waals surface area (Å²) in [5.74, 6) is 1.11. The molecule has 0 saturated carbocycles. The molecule has 0 aromatic heterocycles. The fourth-order valence-electron chi connectivity index (χ4n) is 2.14. The number of benzene rings is 1. The van der Waals surface area contributed by atoms with Crippen LogP contribution in [0.25, 0.3) is 0 Å². The molecule has 0 aliphatic rings. The molecule has 0 radical (unpaired) electrons. The van der Waals surface area contributed by atoms with Crippen LogP contribution in [0.3, 0.4) is 0 Å². The highest BCUT2D eigenvalue weighted by Crippen LogP contribution is 2.12. The molecule has 0 aliphatic carbocycles. The first-order chi connectivity index (χ1) is 8.70. The van der Waals surface area contributed by atoms with Gasteiger partial charge in [-0.2, -0.15) is 0 Å². The normalized spacial score (nSPS) is 10.8. The van der Waals surface area contributed by atoms with Gasteiger partial charge in [0, 0.05) is 12.0 Å². The standard InChI is InChI=1S/C17H26O/c1-15(2)11-7-4-3-5-10-14-17(18)16-12-8-6-9-13-16/h6,8-9,12-13,15H,3-5,7,10-11,14H2,1-2H3. The summed E-state index contributed by atoms with van der Waals surface area (Å²) in [4.78, 5) is 11.8. The van der Waals surface area contributed by atoms with Gasteiger partial charge in [-0.3, -0.25) is 4.79 Å². The zero-order valence-corrected chi connectivity index (χ0v) is 11.8. The van der Waals surface area contributed by atoms with Gasteiger partial charge in [0.1, 0.15) is 0 Å². The van der Waals surface area contributed by atoms with E-state index in [4.69, 9.17) is 0 Å². The van der Waals surface area contributed by atoms with Gasteiger partial charge >= 0.3 is 0 Å². The number of ketones is 1. The number of carbonyl (C=O) groups is 1. The molecule has 18 heavy (non-hydrogen) atoms. The topological polar surface area (TPSA) is 17.1 Å². The van der Waals surface area contributed by atoms with Crippen molar-refractivity contribution in [3.63, 3.8) is 0 Å². The largest absolute Gasteiger partial charge is 0.294 e. The molecule has 0 amide bonds. The molecular formula is C17H26O. The molecular weight excluding hydrogens is 220 g/mol. The van der Waals surface area contributed by atoms with E-state index in [-0.39, 0.29) is 5.78 Å². The van der Waals surface area contributed by atoms with Gasteiger partial charge in [-0.25, -0.2) is 0 Å². The van der Waals surface area contributed by atoms with Gasteiger partial charge in [0.05, 0.1) is 0 Å². The van der Waals surface area contributed by atoms with Crippen LogP contribution in [0.2, 0.25) is 0 Å². The lowest BCUT2D eigenvalue weighted by molar-refractivity contribution is 0.0979. The Labute approximate surface area is 112 Å². The van der Waals surface area contributed by atoms with Crippen LogP contribution in [0, 0.1) is 5.92 Å². The van der Waals surface area contributed by atoms with Crippen LogP contribution < -0.4 is 0 Å². The third-order valence-electron chi connectivity index (χ3n) is 3.28. The minimum Gasteiger partial charge on any atom is -0.294 e. The van der Waals surface area contributed by atoms with E-state index < -0.39 is 0 Å². The van der Waals surface area contributed by atoms with Gasteiger partial charge in [-0.15, -0.1) is 0 Å². The van der Waals surface area contributed by atoms with Gasteiger partial charge in [0.2, 0.25) is 0 Å². The SMILES string of the molecule is CC(C)CCCCCCCC(=O)c1ccccc1. The molecule has 0 N–H and O–H groups in total. The fourth-order valence-corrected chi connectivity index (χ4v) is 2.14. The first kappa shape index (κ1) is 14.9. The Hall–Kier alpha value is -1.11. The smallest absolute Gasteiger partial charge is 0.162 e. The molecule has 1 heteroatoms. The third kappa shape index (κ3) is 6.58. The minimum absolute atomic E-state index is 0.290. The summed E-state index contributed by atoms with van der Waals surface area (Å²) < 4.78 is 0. The van der Waals surface area contributed by atoms with E-state index in [0.717, 1.165) is 17.9 Å². The van der Waals surface area contributed by atoms with E-state index in [2.05, 4.69) is 13.8 Å². The molecule has 0 spiro atoms. The summed E-state index contributed by atoms with van der Waals surface area (Å²) in [5, 5.41) is 0. The molecule has 1 rings (SSSR count). The van der Waals surface area contributed by atoms with Crippen LogP contribution >= 0.6 is 0 Å². The average molecular weight is 246 g/mol. The number of rotatable bonds is 9. The van der Waals surface area contributed by atoms with Gasteiger partial charge in [0.15, 0.2) is 5.78 Å². The Bertz CT molecular complexity index is 327. The van der Waals surface area contributed by atoms with Crippen LogP contribution in [0.4, 0.5) is 0 Å². The van der Waals surface area contributed by atoms with Crippen LogP contribution in [0.5, 0.6) is 0 Å². The van der Waals surface area contributed by atoms with Crippen LogP contribution in [0.15, 0.2) is 30.3 Å². The predicted molar refractivity (Wildman–Crippen MR) is 77.9 cm³/mol. The third-order valence-corrected chi connectivity index (χ3v) is 3.28. The van der Waals surface area contributed by atoms with Crippen LogP contribution in [0.1, 0.15) is 69.2 Å². The second kappa shape index (κ2) is 8.91. The van der Waals surface area contributed by atoms with E-state index in [1.807, 2.05) is 30.3 Å². The predicted octanol–water partition coefficient (Wildman–Crippen LogP) is 5.26. The van der Waals surface area contributed by atoms with Gasteiger partial charge in [-0.05, 0) is 12.3 Å². The lowest BCUT2D eigenvalue weighted by atomic mass is 10.0. The number of Topliss-reactive ketones (excluding diaryl/α,β-unsaturated/α-hetero) is 1. The summed E-state index contributed by atoms with van der Waals surface area (Å²) >= 11 is 0. The van der Waals surface area contributed by atoms with Crippen LogP contribution in [-0.2, 0) is 0 Å². The van der Waals surface area contributed by atoms with E-state index >= 15 is 0 Å². The lowest BCUT2D eigenvalue weighted by Gasteiger charge is -2.04. The van der Waals surface area contributed by atoms with Crippen molar-refractivity contribution in [2.24, 2.45) is 5.92 Å². The fraction of sp³-hybridized carbons (Fsp3) is 0.588. The summed E-state index contributed by atoms with van der Waals surface area (Å²) in [7, 11) is 0. The van der Waals surface area contributed by atoms with Crippen molar-refractivity contribution in [1.29, 1.82) is 0 Å². The number of hydrogen-bond acceptors (Lipinski definition) is 1. The molecule has 0 unspecified atom stereocenters. The first-order valence-corrected chi connectivity index (χ1v) is 7.28. The second-order valence-corrected chi connectivity index (χ2v) is 5.49. The molecule has 0 atom stereocenters. The maximum atomic E-state index is 11.8. The molecule has 0 bridgehead atoms. The highest BCUT2D eigenvalue weighted by atomic mass is 16.1. The van der Waals surface area contributed by atoms with E-state index in [0.29, 0.717) is 6.42 Å². The zero-order chi connectivity index (χ0) is 13.2. The van der Waals surface area contributed by atoms with E-state index in [9.17, 15) is 4.79 Å². The molecule has 0 saturated heterocycles. The summed E-state index contributed by atoms with van der Waals surface area (Å²) in [6.45, 7) is 4.55. The molecule has 0 heterocycles. The number of hydrogen-bond donors (Lipinski definition) is 0.